The Labute approximate surface area is 93.6 Å². The zero-order valence-corrected chi connectivity index (χ0v) is 8.91. The summed E-state index contributed by atoms with van der Waals surface area (Å²) in [7, 11) is 0. The molecule has 0 spiro atoms. The average Bonchev–Trinajstić information content (AvgIpc) is 2.88. The number of fused-ring (bicyclic) bond motifs is 2. The highest BCUT2D eigenvalue weighted by Crippen LogP contribution is 2.46. The number of rotatable bonds is 4. The van der Waals surface area contributed by atoms with Gasteiger partial charge in [-0.1, -0.05) is 12.2 Å². The second kappa shape index (κ2) is 3.84. The number of hydrogen-bond donors (Lipinski definition) is 4. The van der Waals surface area contributed by atoms with Crippen LogP contribution in [0.1, 0.15) is 12.8 Å². The molecule has 1 fully saturated rings. The van der Waals surface area contributed by atoms with Crippen LogP contribution in [-0.4, -0.2) is 39.5 Å². The van der Waals surface area contributed by atoms with Gasteiger partial charge in [-0.05, 0) is 30.6 Å². The van der Waals surface area contributed by atoms with E-state index >= 15 is 0 Å². The molecule has 2 aliphatic carbocycles. The van der Waals surface area contributed by atoms with E-state index in [1.165, 1.54) is 0 Å². The van der Waals surface area contributed by atoms with Crippen LogP contribution in [0.5, 0.6) is 0 Å². The summed E-state index contributed by atoms with van der Waals surface area (Å²) in [6.07, 6.45) is 4.64. The van der Waals surface area contributed by atoms with Gasteiger partial charge in [0, 0.05) is 0 Å². The van der Waals surface area contributed by atoms with Crippen molar-refractivity contribution >= 4 is 5.97 Å². The Morgan fingerprint density at radius 1 is 1.50 bits per heavy atom. The lowest BCUT2D eigenvalue weighted by Crippen LogP contribution is -2.62. The van der Waals surface area contributed by atoms with E-state index in [2.05, 4.69) is 6.08 Å². The van der Waals surface area contributed by atoms with E-state index in [1.54, 1.807) is 0 Å². The monoisotopic (exact) mass is 227 g/mol. The Hall–Kier alpha value is -0.910. The molecule has 16 heavy (non-hydrogen) atoms. The van der Waals surface area contributed by atoms with E-state index < -0.39 is 24.2 Å². The molecule has 0 heterocycles. The molecule has 2 rings (SSSR count). The van der Waals surface area contributed by atoms with Gasteiger partial charge in [-0.25, -0.2) is 0 Å². The van der Waals surface area contributed by atoms with Crippen LogP contribution in [0.15, 0.2) is 12.2 Å². The largest absolute Gasteiger partial charge is 0.480 e. The maximum Gasteiger partial charge on any atom is 0.328 e. The number of aliphatic hydroxyl groups excluding tert-OH is 2. The van der Waals surface area contributed by atoms with Crippen molar-refractivity contribution in [3.05, 3.63) is 12.2 Å². The number of carboxylic acid groups (broad SMARTS) is 1. The molecule has 3 unspecified atom stereocenters. The van der Waals surface area contributed by atoms with Gasteiger partial charge in [0.25, 0.3) is 0 Å². The van der Waals surface area contributed by atoms with Crippen LogP contribution in [0.2, 0.25) is 0 Å². The van der Waals surface area contributed by atoms with Gasteiger partial charge in [0.1, 0.15) is 0 Å². The molecular weight excluding hydrogens is 210 g/mol. The first-order chi connectivity index (χ1) is 7.49. The van der Waals surface area contributed by atoms with E-state index in [1.807, 2.05) is 6.08 Å². The summed E-state index contributed by atoms with van der Waals surface area (Å²) in [5, 5.41) is 28.1. The van der Waals surface area contributed by atoms with Gasteiger partial charge in [-0.3, -0.25) is 4.79 Å². The molecule has 0 aromatic rings. The first-order valence-corrected chi connectivity index (χ1v) is 5.48. The highest BCUT2D eigenvalue weighted by molar-refractivity contribution is 5.79. The number of carboxylic acids is 1. The summed E-state index contributed by atoms with van der Waals surface area (Å²) >= 11 is 0. The molecule has 90 valence electrons. The van der Waals surface area contributed by atoms with Gasteiger partial charge < -0.3 is 21.1 Å². The summed E-state index contributed by atoms with van der Waals surface area (Å²) in [6.45, 7) is -0.749. The van der Waals surface area contributed by atoms with Crippen LogP contribution in [0.25, 0.3) is 0 Å². The smallest absolute Gasteiger partial charge is 0.328 e. The van der Waals surface area contributed by atoms with E-state index in [-0.39, 0.29) is 11.8 Å². The second-order valence-corrected chi connectivity index (χ2v) is 4.89. The van der Waals surface area contributed by atoms with Gasteiger partial charge in [0.2, 0.25) is 0 Å². The fourth-order valence-corrected chi connectivity index (χ4v) is 2.86. The standard InChI is InChI=1S/C11H17NO4/c12-11(5-13,10(15)16)9(14)8-4-6-1-2-7(8)3-6/h1-2,6-9,13-14H,3-5,12H2,(H,15,16)/t6?,7?,8?,9-,11-/m1/s1. The van der Waals surface area contributed by atoms with Gasteiger partial charge in [-0.2, -0.15) is 0 Å². The molecule has 5 N–H and O–H groups in total. The van der Waals surface area contributed by atoms with Crippen molar-refractivity contribution in [3.63, 3.8) is 0 Å². The number of aliphatic carboxylic acids is 1. The predicted molar refractivity (Wildman–Crippen MR) is 56.5 cm³/mol. The van der Waals surface area contributed by atoms with Crippen LogP contribution in [0.3, 0.4) is 0 Å². The van der Waals surface area contributed by atoms with Crippen molar-refractivity contribution in [1.82, 2.24) is 0 Å². The number of allylic oxidation sites excluding steroid dienone is 2. The molecule has 2 bridgehead atoms. The Bertz CT molecular complexity index is 330. The summed E-state index contributed by atoms with van der Waals surface area (Å²) < 4.78 is 0. The maximum atomic E-state index is 11.0. The molecule has 0 aromatic carbocycles. The molecule has 5 atom stereocenters. The van der Waals surface area contributed by atoms with Crippen LogP contribution in [0.4, 0.5) is 0 Å². The highest BCUT2D eigenvalue weighted by Gasteiger charge is 2.50. The van der Waals surface area contributed by atoms with Crippen molar-refractivity contribution in [1.29, 1.82) is 0 Å². The lowest BCUT2D eigenvalue weighted by Gasteiger charge is -2.34. The zero-order chi connectivity index (χ0) is 11.9. The highest BCUT2D eigenvalue weighted by atomic mass is 16.4. The molecule has 1 saturated carbocycles. The number of carbonyl (C=O) groups is 1. The lowest BCUT2D eigenvalue weighted by molar-refractivity contribution is -0.152. The molecule has 0 saturated heterocycles. The van der Waals surface area contributed by atoms with E-state index in [0.29, 0.717) is 5.92 Å². The molecular formula is C11H17NO4. The fourth-order valence-electron chi connectivity index (χ4n) is 2.86. The van der Waals surface area contributed by atoms with E-state index in [4.69, 9.17) is 15.9 Å². The fraction of sp³-hybridized carbons (Fsp3) is 0.727. The molecule has 5 heteroatoms. The normalized spacial score (nSPS) is 37.3. The molecule has 0 aliphatic heterocycles. The second-order valence-electron chi connectivity index (χ2n) is 4.89. The molecule has 2 aliphatic rings. The Morgan fingerprint density at radius 3 is 2.56 bits per heavy atom. The third-order valence-corrected chi connectivity index (χ3v) is 3.92. The van der Waals surface area contributed by atoms with Crippen molar-refractivity contribution in [2.45, 2.75) is 24.5 Å². The van der Waals surface area contributed by atoms with E-state index in [0.717, 1.165) is 12.8 Å². The van der Waals surface area contributed by atoms with Gasteiger partial charge in [-0.15, -0.1) is 0 Å². The molecule has 0 amide bonds. The average molecular weight is 227 g/mol. The summed E-state index contributed by atoms with van der Waals surface area (Å²) in [5.74, 6) is -0.868. The van der Waals surface area contributed by atoms with Crippen LogP contribution >= 0.6 is 0 Å². The third-order valence-electron chi connectivity index (χ3n) is 3.92. The topological polar surface area (TPSA) is 104 Å². The minimum Gasteiger partial charge on any atom is -0.480 e. The van der Waals surface area contributed by atoms with Crippen molar-refractivity contribution in [2.75, 3.05) is 6.61 Å². The first-order valence-electron chi connectivity index (χ1n) is 5.48. The maximum absolute atomic E-state index is 11.0. The third kappa shape index (κ3) is 1.55. The van der Waals surface area contributed by atoms with Crippen molar-refractivity contribution in [3.8, 4) is 0 Å². The van der Waals surface area contributed by atoms with Gasteiger partial charge in [0.05, 0.1) is 12.7 Å². The predicted octanol–water partition coefficient (Wildman–Crippen LogP) is -0.666. The quantitative estimate of drug-likeness (QED) is 0.477. The number of nitrogens with two attached hydrogens (primary N) is 1. The molecule has 0 aromatic heterocycles. The van der Waals surface area contributed by atoms with Gasteiger partial charge in [0.15, 0.2) is 5.54 Å². The van der Waals surface area contributed by atoms with Crippen molar-refractivity contribution < 1.29 is 20.1 Å². The SMILES string of the molecule is N[C@@](CO)(C(=O)O)[C@H](O)C1CC2C=CC1C2. The minimum atomic E-state index is -1.94. The van der Waals surface area contributed by atoms with Crippen molar-refractivity contribution in [2.24, 2.45) is 23.5 Å². The van der Waals surface area contributed by atoms with E-state index in [9.17, 15) is 9.90 Å². The van der Waals surface area contributed by atoms with Crippen LogP contribution < -0.4 is 5.73 Å². The Balaban J connectivity index is 2.15. The van der Waals surface area contributed by atoms with Crippen LogP contribution in [0, 0.1) is 17.8 Å². The Morgan fingerprint density at radius 2 is 2.19 bits per heavy atom. The number of hydrogen-bond acceptors (Lipinski definition) is 4. The molecule has 5 nitrogen and oxygen atoms in total. The first kappa shape index (κ1) is 11.6. The summed E-state index contributed by atoms with van der Waals surface area (Å²) in [4.78, 5) is 11.0. The molecule has 0 radical (unpaired) electrons. The lowest BCUT2D eigenvalue weighted by atomic mass is 9.78. The van der Waals surface area contributed by atoms with Crippen LogP contribution in [-0.2, 0) is 4.79 Å². The number of aliphatic hydroxyl groups is 2. The Kier molecular flexibility index (Phi) is 2.77. The summed E-state index contributed by atoms with van der Waals surface area (Å²) in [5.41, 5.74) is 3.63. The summed E-state index contributed by atoms with van der Waals surface area (Å²) in [6, 6.07) is 0. The minimum absolute atomic E-state index is 0.150. The van der Waals surface area contributed by atoms with Gasteiger partial charge >= 0.3 is 5.97 Å². The zero-order valence-electron chi connectivity index (χ0n) is 8.91.